The van der Waals surface area contributed by atoms with Gasteiger partial charge in [0.15, 0.2) is 0 Å². The third kappa shape index (κ3) is 16.0. The van der Waals surface area contributed by atoms with Crippen molar-refractivity contribution in [3.63, 3.8) is 0 Å². The van der Waals surface area contributed by atoms with Gasteiger partial charge in [0.2, 0.25) is 0 Å². The van der Waals surface area contributed by atoms with E-state index in [0.717, 1.165) is 17.8 Å². The molecule has 0 amide bonds. The van der Waals surface area contributed by atoms with Crippen molar-refractivity contribution < 1.29 is 0 Å². The molecule has 17 heavy (non-hydrogen) atoms. The van der Waals surface area contributed by atoms with Gasteiger partial charge in [-0.25, -0.2) is 0 Å². The summed E-state index contributed by atoms with van der Waals surface area (Å²) >= 11 is 0. The summed E-state index contributed by atoms with van der Waals surface area (Å²) in [5.74, 6) is 2.87. The van der Waals surface area contributed by atoms with Gasteiger partial charge in [-0.05, 0) is 17.8 Å². The van der Waals surface area contributed by atoms with Gasteiger partial charge in [0.05, 0.1) is 0 Å². The van der Waals surface area contributed by atoms with Crippen LogP contribution >= 0.6 is 0 Å². The molecular weight excluding hydrogens is 204 g/mol. The van der Waals surface area contributed by atoms with Gasteiger partial charge in [0.1, 0.15) is 0 Å². The fraction of sp³-hybridized carbons (Fsp3) is 1.00. The Balaban J connectivity index is 0. The van der Waals surface area contributed by atoms with Gasteiger partial charge in [-0.3, -0.25) is 0 Å². The van der Waals surface area contributed by atoms with Crippen LogP contribution in [0.2, 0.25) is 0 Å². The third-order valence-electron chi connectivity index (χ3n) is 3.37. The van der Waals surface area contributed by atoms with Crippen molar-refractivity contribution >= 4 is 0 Å². The molecule has 1 saturated carbocycles. The molecule has 0 nitrogen and oxygen atoms in total. The Labute approximate surface area is 112 Å². The minimum absolute atomic E-state index is 0.886. The first-order chi connectivity index (χ1) is 8.06. The molecule has 0 radical (unpaired) electrons. The van der Waals surface area contributed by atoms with E-state index in [1.807, 2.05) is 13.8 Å². The van der Waals surface area contributed by atoms with Crippen LogP contribution < -0.4 is 0 Å². The molecule has 0 unspecified atom stereocenters. The van der Waals surface area contributed by atoms with Crippen LogP contribution in [0.1, 0.15) is 93.4 Å². The van der Waals surface area contributed by atoms with Crippen molar-refractivity contribution in [1.29, 1.82) is 0 Å². The molecule has 106 valence electrons. The van der Waals surface area contributed by atoms with Gasteiger partial charge in [0, 0.05) is 0 Å². The van der Waals surface area contributed by atoms with Crippen molar-refractivity contribution in [1.82, 2.24) is 0 Å². The summed E-state index contributed by atoms with van der Waals surface area (Å²) in [6.45, 7) is 15.4. The van der Waals surface area contributed by atoms with E-state index in [4.69, 9.17) is 0 Å². The predicted octanol–water partition coefficient (Wildman–Crippen LogP) is 6.69. The second-order valence-corrected chi connectivity index (χ2v) is 5.92. The Morgan fingerprint density at radius 3 is 1.35 bits per heavy atom. The van der Waals surface area contributed by atoms with Gasteiger partial charge < -0.3 is 0 Å². The molecular formula is C17H38. The highest BCUT2D eigenvalue weighted by Gasteiger charge is 2.11. The van der Waals surface area contributed by atoms with Crippen LogP contribution in [0.4, 0.5) is 0 Å². The zero-order valence-electron chi connectivity index (χ0n) is 13.7. The first-order valence-electron chi connectivity index (χ1n) is 8.06. The normalized spacial score (nSPS) is 15.4. The quantitative estimate of drug-likeness (QED) is 0.515. The Bertz CT molecular complexity index is 110. The van der Waals surface area contributed by atoms with Gasteiger partial charge in [-0.15, -0.1) is 0 Å². The SMILES string of the molecule is CC.CC(C)CCC(C)C.CCC1CCCC1. The van der Waals surface area contributed by atoms with Gasteiger partial charge >= 0.3 is 0 Å². The van der Waals surface area contributed by atoms with E-state index in [0.29, 0.717) is 0 Å². The van der Waals surface area contributed by atoms with Crippen molar-refractivity contribution in [3.8, 4) is 0 Å². The summed E-state index contributed by atoms with van der Waals surface area (Å²) in [6, 6.07) is 0. The smallest absolute Gasteiger partial charge is 0.0417 e. The minimum Gasteiger partial charge on any atom is -0.0683 e. The van der Waals surface area contributed by atoms with E-state index in [9.17, 15) is 0 Å². The molecule has 0 heteroatoms. The summed E-state index contributed by atoms with van der Waals surface area (Å²) in [4.78, 5) is 0. The van der Waals surface area contributed by atoms with Gasteiger partial charge in [-0.1, -0.05) is 93.4 Å². The van der Waals surface area contributed by atoms with E-state index in [1.54, 1.807) is 0 Å². The lowest BCUT2D eigenvalue weighted by atomic mass is 10.0. The molecule has 1 aliphatic rings. The van der Waals surface area contributed by atoms with Gasteiger partial charge in [0.25, 0.3) is 0 Å². The standard InChI is InChI=1S/C8H18.C7H14.C2H6/c1-7(2)5-6-8(3)4;1-2-7-5-3-4-6-7;1-2/h7-8H,5-6H2,1-4H3;7H,2-6H2,1H3;1-2H3. The molecule has 1 aliphatic carbocycles. The van der Waals surface area contributed by atoms with E-state index in [-0.39, 0.29) is 0 Å². The van der Waals surface area contributed by atoms with Crippen molar-refractivity contribution in [2.75, 3.05) is 0 Å². The summed E-state index contributed by atoms with van der Waals surface area (Å²) < 4.78 is 0. The fourth-order valence-corrected chi connectivity index (χ4v) is 2.09. The zero-order valence-corrected chi connectivity index (χ0v) is 13.7. The molecule has 1 rings (SSSR count). The second kappa shape index (κ2) is 14.1. The molecule has 1 fully saturated rings. The van der Waals surface area contributed by atoms with Crippen LogP contribution in [0.25, 0.3) is 0 Å². The lowest BCUT2D eigenvalue weighted by Gasteiger charge is -2.05. The van der Waals surface area contributed by atoms with Crippen LogP contribution in [-0.2, 0) is 0 Å². The van der Waals surface area contributed by atoms with Crippen molar-refractivity contribution in [3.05, 3.63) is 0 Å². The number of hydrogen-bond donors (Lipinski definition) is 0. The Morgan fingerprint density at radius 2 is 1.18 bits per heavy atom. The summed E-state index contributed by atoms with van der Waals surface area (Å²) in [5.41, 5.74) is 0. The highest BCUT2D eigenvalue weighted by Crippen LogP contribution is 2.26. The molecule has 0 aromatic rings. The molecule has 0 aromatic carbocycles. The van der Waals surface area contributed by atoms with E-state index >= 15 is 0 Å². The van der Waals surface area contributed by atoms with E-state index in [2.05, 4.69) is 34.6 Å². The first kappa shape index (κ1) is 19.3. The molecule has 0 saturated heterocycles. The Kier molecular flexibility index (Phi) is 16.0. The highest BCUT2D eigenvalue weighted by atomic mass is 14.2. The van der Waals surface area contributed by atoms with Gasteiger partial charge in [-0.2, -0.15) is 0 Å². The summed E-state index contributed by atoms with van der Waals surface area (Å²) in [5, 5.41) is 0. The van der Waals surface area contributed by atoms with E-state index in [1.165, 1.54) is 44.9 Å². The summed E-state index contributed by atoms with van der Waals surface area (Å²) in [7, 11) is 0. The topological polar surface area (TPSA) is 0 Å². The lowest BCUT2D eigenvalue weighted by Crippen LogP contribution is -1.91. The van der Waals surface area contributed by atoms with Crippen LogP contribution in [-0.4, -0.2) is 0 Å². The molecule has 0 aliphatic heterocycles. The Morgan fingerprint density at radius 1 is 0.824 bits per heavy atom. The third-order valence-corrected chi connectivity index (χ3v) is 3.37. The molecule has 0 atom stereocenters. The predicted molar refractivity (Wildman–Crippen MR) is 82.5 cm³/mol. The van der Waals surface area contributed by atoms with Crippen LogP contribution in [0.5, 0.6) is 0 Å². The first-order valence-corrected chi connectivity index (χ1v) is 8.06. The average molecular weight is 242 g/mol. The van der Waals surface area contributed by atoms with Crippen LogP contribution in [0.15, 0.2) is 0 Å². The van der Waals surface area contributed by atoms with Crippen molar-refractivity contribution in [2.24, 2.45) is 17.8 Å². The number of hydrogen-bond acceptors (Lipinski definition) is 0. The summed E-state index contributed by atoms with van der Waals surface area (Å²) in [6.07, 6.45) is 10.2. The maximum Gasteiger partial charge on any atom is -0.0417 e. The average Bonchev–Trinajstić information content (AvgIpc) is 2.83. The molecule has 0 heterocycles. The molecule has 0 bridgehead atoms. The fourth-order valence-electron chi connectivity index (χ4n) is 2.09. The monoisotopic (exact) mass is 242 g/mol. The van der Waals surface area contributed by atoms with Crippen molar-refractivity contribution in [2.45, 2.75) is 93.4 Å². The maximum absolute atomic E-state index is 2.30. The molecule has 0 N–H and O–H groups in total. The molecule has 0 spiro atoms. The zero-order chi connectivity index (χ0) is 13.7. The lowest BCUT2D eigenvalue weighted by molar-refractivity contribution is 0.476. The second-order valence-electron chi connectivity index (χ2n) is 5.92. The highest BCUT2D eigenvalue weighted by molar-refractivity contribution is 4.64. The minimum atomic E-state index is 0.886. The largest absolute Gasteiger partial charge is 0.0683 e. The van der Waals surface area contributed by atoms with Crippen LogP contribution in [0.3, 0.4) is 0 Å². The van der Waals surface area contributed by atoms with E-state index < -0.39 is 0 Å². The maximum atomic E-state index is 2.30. The number of rotatable bonds is 4. The molecule has 0 aromatic heterocycles. The Hall–Kier alpha value is 0. The van der Waals surface area contributed by atoms with Crippen LogP contribution in [0, 0.1) is 17.8 Å².